The molecule has 2 aromatic heterocycles. The number of pyridine rings is 1. The van der Waals surface area contributed by atoms with Crippen LogP contribution in [0.15, 0.2) is 39.7 Å². The molecule has 0 aliphatic carbocycles. The first kappa shape index (κ1) is 9.65. The number of aromatic nitrogens is 1. The van der Waals surface area contributed by atoms with Crippen LogP contribution in [0.5, 0.6) is 11.5 Å². The van der Waals surface area contributed by atoms with Crippen molar-refractivity contribution >= 4 is 22.1 Å². The lowest BCUT2D eigenvalue weighted by Gasteiger charge is -2.02. The van der Waals surface area contributed by atoms with Gasteiger partial charge in [0.1, 0.15) is 22.5 Å². The molecule has 84 valence electrons. The van der Waals surface area contributed by atoms with E-state index in [1.54, 1.807) is 12.1 Å². The maximum absolute atomic E-state index is 12.1. The highest BCUT2D eigenvalue weighted by molar-refractivity contribution is 5.92. The van der Waals surface area contributed by atoms with Gasteiger partial charge in [-0.2, -0.15) is 0 Å². The SMILES string of the molecule is O=c1c2cccnc2oc2cc(O)cc(O)c12. The molecule has 0 atom stereocenters. The Morgan fingerprint density at radius 2 is 2.06 bits per heavy atom. The zero-order chi connectivity index (χ0) is 12.0. The Bertz CT molecular complexity index is 791. The number of fused-ring (bicyclic) bond motifs is 2. The van der Waals surface area contributed by atoms with Crippen LogP contribution < -0.4 is 5.43 Å². The predicted octanol–water partition coefficient (Wildman–Crippen LogP) is 1.75. The van der Waals surface area contributed by atoms with Gasteiger partial charge in [-0.1, -0.05) is 0 Å². The second-order valence-electron chi connectivity index (χ2n) is 3.63. The van der Waals surface area contributed by atoms with E-state index in [0.29, 0.717) is 5.39 Å². The maximum Gasteiger partial charge on any atom is 0.230 e. The van der Waals surface area contributed by atoms with E-state index < -0.39 is 0 Å². The molecule has 0 spiro atoms. The highest BCUT2D eigenvalue weighted by atomic mass is 16.3. The molecule has 5 heteroatoms. The van der Waals surface area contributed by atoms with Crippen molar-refractivity contribution in [3.63, 3.8) is 0 Å². The fourth-order valence-corrected chi connectivity index (χ4v) is 1.78. The predicted molar refractivity (Wildman–Crippen MR) is 61.1 cm³/mol. The third kappa shape index (κ3) is 1.32. The Kier molecular flexibility index (Phi) is 1.82. The Morgan fingerprint density at radius 3 is 2.88 bits per heavy atom. The first-order valence-corrected chi connectivity index (χ1v) is 4.90. The first-order valence-electron chi connectivity index (χ1n) is 4.90. The van der Waals surface area contributed by atoms with E-state index in [1.807, 2.05) is 0 Å². The van der Waals surface area contributed by atoms with Crippen LogP contribution in [-0.4, -0.2) is 15.2 Å². The van der Waals surface area contributed by atoms with Gasteiger partial charge in [-0.05, 0) is 12.1 Å². The Morgan fingerprint density at radius 1 is 1.24 bits per heavy atom. The number of hydrogen-bond donors (Lipinski definition) is 2. The maximum atomic E-state index is 12.1. The molecule has 0 unspecified atom stereocenters. The summed E-state index contributed by atoms with van der Waals surface area (Å²) in [6.07, 6.45) is 1.50. The number of rotatable bonds is 0. The molecule has 0 bridgehead atoms. The van der Waals surface area contributed by atoms with Crippen LogP contribution in [0.1, 0.15) is 0 Å². The molecule has 0 fully saturated rings. The Hall–Kier alpha value is -2.56. The van der Waals surface area contributed by atoms with Gasteiger partial charge in [0.05, 0.1) is 5.39 Å². The number of phenols is 2. The molecule has 0 aliphatic heterocycles. The highest BCUT2D eigenvalue weighted by Crippen LogP contribution is 2.28. The molecule has 17 heavy (non-hydrogen) atoms. The van der Waals surface area contributed by atoms with Crippen molar-refractivity contribution in [3.05, 3.63) is 40.7 Å². The van der Waals surface area contributed by atoms with Gasteiger partial charge in [0.2, 0.25) is 11.1 Å². The summed E-state index contributed by atoms with van der Waals surface area (Å²) >= 11 is 0. The zero-order valence-electron chi connectivity index (χ0n) is 8.54. The van der Waals surface area contributed by atoms with E-state index in [0.717, 1.165) is 6.07 Å². The van der Waals surface area contributed by atoms with Crippen molar-refractivity contribution in [2.45, 2.75) is 0 Å². The molecule has 0 saturated carbocycles. The molecule has 5 nitrogen and oxygen atoms in total. The second kappa shape index (κ2) is 3.21. The third-order valence-corrected chi connectivity index (χ3v) is 2.52. The van der Waals surface area contributed by atoms with Gasteiger partial charge in [-0.25, -0.2) is 4.98 Å². The number of nitrogens with zero attached hydrogens (tertiary/aromatic N) is 1. The lowest BCUT2D eigenvalue weighted by atomic mass is 10.1. The fraction of sp³-hybridized carbons (Fsp3) is 0. The summed E-state index contributed by atoms with van der Waals surface area (Å²) in [5, 5.41) is 19.3. The first-order chi connectivity index (χ1) is 8.16. The minimum atomic E-state index is -0.369. The second-order valence-corrected chi connectivity index (χ2v) is 3.63. The molecule has 1 aromatic carbocycles. The van der Waals surface area contributed by atoms with Crippen LogP contribution in [0.4, 0.5) is 0 Å². The number of hydrogen-bond acceptors (Lipinski definition) is 5. The quantitative estimate of drug-likeness (QED) is 0.574. The van der Waals surface area contributed by atoms with E-state index in [9.17, 15) is 15.0 Å². The van der Waals surface area contributed by atoms with E-state index in [1.165, 1.54) is 12.3 Å². The minimum absolute atomic E-state index is 0.0447. The molecule has 0 amide bonds. The van der Waals surface area contributed by atoms with Gasteiger partial charge < -0.3 is 14.6 Å². The van der Waals surface area contributed by atoms with Crippen LogP contribution in [0, 0.1) is 0 Å². The topological polar surface area (TPSA) is 83.6 Å². The van der Waals surface area contributed by atoms with Crippen molar-refractivity contribution in [1.82, 2.24) is 4.98 Å². The fourth-order valence-electron chi connectivity index (χ4n) is 1.78. The van der Waals surface area contributed by atoms with Crippen molar-refractivity contribution in [3.8, 4) is 11.5 Å². The van der Waals surface area contributed by atoms with Gasteiger partial charge >= 0.3 is 0 Å². The van der Waals surface area contributed by atoms with Crippen molar-refractivity contribution < 1.29 is 14.6 Å². The summed E-state index contributed by atoms with van der Waals surface area (Å²) in [5.41, 5.74) is -0.0828. The van der Waals surface area contributed by atoms with Crippen molar-refractivity contribution in [1.29, 1.82) is 0 Å². The monoisotopic (exact) mass is 229 g/mol. The summed E-state index contributed by atoms with van der Waals surface area (Å²) in [6, 6.07) is 5.55. The lowest BCUT2D eigenvalue weighted by Crippen LogP contribution is -2.02. The Balaban J connectivity index is 2.64. The van der Waals surface area contributed by atoms with Gasteiger partial charge in [-0.15, -0.1) is 0 Å². The highest BCUT2D eigenvalue weighted by Gasteiger charge is 2.12. The molecular formula is C12H7NO4. The van der Waals surface area contributed by atoms with Crippen LogP contribution >= 0.6 is 0 Å². The number of benzene rings is 1. The number of phenolic OH excluding ortho intramolecular Hbond substituents is 2. The van der Waals surface area contributed by atoms with Gasteiger partial charge in [-0.3, -0.25) is 4.79 Å². The summed E-state index contributed by atoms with van der Waals surface area (Å²) in [5.74, 6) is -0.479. The summed E-state index contributed by atoms with van der Waals surface area (Å²) < 4.78 is 5.36. The van der Waals surface area contributed by atoms with Crippen LogP contribution in [0.2, 0.25) is 0 Å². The molecule has 0 saturated heterocycles. The molecule has 0 radical (unpaired) electrons. The van der Waals surface area contributed by atoms with Crippen LogP contribution in [0.25, 0.3) is 22.1 Å². The summed E-state index contributed by atoms with van der Waals surface area (Å²) in [4.78, 5) is 16.0. The molecule has 3 rings (SSSR count). The average Bonchev–Trinajstić information content (AvgIpc) is 2.28. The van der Waals surface area contributed by atoms with E-state index in [2.05, 4.69) is 4.98 Å². The number of aromatic hydroxyl groups is 2. The average molecular weight is 229 g/mol. The van der Waals surface area contributed by atoms with Crippen LogP contribution in [0.3, 0.4) is 0 Å². The zero-order valence-corrected chi connectivity index (χ0v) is 8.54. The normalized spacial score (nSPS) is 11.1. The Labute approximate surface area is 94.6 Å². The molecule has 2 N–H and O–H groups in total. The van der Waals surface area contributed by atoms with E-state index in [-0.39, 0.29) is 33.6 Å². The van der Waals surface area contributed by atoms with Gasteiger partial charge in [0, 0.05) is 18.3 Å². The standard InChI is InChI=1S/C12H7NO4/c14-6-4-8(15)10-9(5-6)17-12-7(11(10)16)2-1-3-13-12/h1-5,14-15H. The van der Waals surface area contributed by atoms with E-state index >= 15 is 0 Å². The van der Waals surface area contributed by atoms with Gasteiger partial charge in [0.25, 0.3) is 0 Å². The smallest absolute Gasteiger partial charge is 0.230 e. The third-order valence-electron chi connectivity index (χ3n) is 2.52. The van der Waals surface area contributed by atoms with Crippen LogP contribution in [-0.2, 0) is 0 Å². The molecule has 0 aliphatic rings. The molecule has 3 aromatic rings. The van der Waals surface area contributed by atoms with E-state index in [4.69, 9.17) is 4.42 Å². The lowest BCUT2D eigenvalue weighted by molar-refractivity contribution is 0.453. The summed E-state index contributed by atoms with van der Waals surface area (Å²) in [7, 11) is 0. The van der Waals surface area contributed by atoms with Gasteiger partial charge in [0.15, 0.2) is 0 Å². The molecule has 2 heterocycles. The minimum Gasteiger partial charge on any atom is -0.508 e. The summed E-state index contributed by atoms with van der Waals surface area (Å²) in [6.45, 7) is 0. The van der Waals surface area contributed by atoms with Crippen molar-refractivity contribution in [2.75, 3.05) is 0 Å². The largest absolute Gasteiger partial charge is 0.508 e. The molecular weight excluding hydrogens is 222 g/mol. The van der Waals surface area contributed by atoms with Crippen molar-refractivity contribution in [2.24, 2.45) is 0 Å².